The van der Waals surface area contributed by atoms with Crippen LogP contribution in [0.4, 0.5) is 0 Å². The molecule has 3 rings (SSSR count). The average Bonchev–Trinajstić information content (AvgIpc) is 2.79. The van der Waals surface area contributed by atoms with E-state index in [9.17, 15) is 0 Å². The van der Waals surface area contributed by atoms with E-state index in [-0.39, 0.29) is 6.04 Å². The molecule has 108 valence electrons. The SMILES string of the molecule is C=C(C)C[C@H](N)c1ccc2c(c1)c1ccccc1n2CC. The molecule has 1 heterocycles. The molecule has 2 heteroatoms. The van der Waals surface area contributed by atoms with E-state index in [4.69, 9.17) is 5.73 Å². The molecule has 0 aliphatic heterocycles. The second-order valence-electron chi connectivity index (χ2n) is 5.81. The topological polar surface area (TPSA) is 30.9 Å². The first-order valence-electron chi connectivity index (χ1n) is 7.52. The van der Waals surface area contributed by atoms with E-state index in [0.717, 1.165) is 18.5 Å². The summed E-state index contributed by atoms with van der Waals surface area (Å²) in [6.45, 7) is 9.16. The van der Waals surface area contributed by atoms with Gasteiger partial charge >= 0.3 is 0 Å². The third-order valence-corrected chi connectivity index (χ3v) is 4.11. The molecule has 2 nitrogen and oxygen atoms in total. The molecule has 0 radical (unpaired) electrons. The molecule has 3 aromatic rings. The first kappa shape index (κ1) is 13.9. The van der Waals surface area contributed by atoms with E-state index in [0.29, 0.717) is 0 Å². The summed E-state index contributed by atoms with van der Waals surface area (Å²) in [5.74, 6) is 0. The fourth-order valence-electron chi connectivity index (χ4n) is 3.14. The number of benzene rings is 2. The van der Waals surface area contributed by atoms with Crippen LogP contribution in [-0.2, 0) is 6.54 Å². The second-order valence-corrected chi connectivity index (χ2v) is 5.81. The van der Waals surface area contributed by atoms with Crippen LogP contribution in [0.5, 0.6) is 0 Å². The van der Waals surface area contributed by atoms with Gasteiger partial charge in [0.15, 0.2) is 0 Å². The van der Waals surface area contributed by atoms with Crippen molar-refractivity contribution >= 4 is 21.8 Å². The third-order valence-electron chi connectivity index (χ3n) is 4.11. The van der Waals surface area contributed by atoms with Crippen molar-refractivity contribution in [2.45, 2.75) is 32.9 Å². The van der Waals surface area contributed by atoms with Crippen molar-refractivity contribution in [1.82, 2.24) is 4.57 Å². The van der Waals surface area contributed by atoms with Gasteiger partial charge in [-0.2, -0.15) is 0 Å². The molecule has 0 saturated carbocycles. The Bertz CT molecular complexity index is 811. The monoisotopic (exact) mass is 278 g/mol. The number of aromatic nitrogens is 1. The first-order chi connectivity index (χ1) is 10.1. The summed E-state index contributed by atoms with van der Waals surface area (Å²) in [4.78, 5) is 0. The van der Waals surface area contributed by atoms with Crippen LogP contribution in [-0.4, -0.2) is 4.57 Å². The van der Waals surface area contributed by atoms with Crippen LogP contribution in [0.2, 0.25) is 0 Å². The molecule has 0 aliphatic carbocycles. The van der Waals surface area contributed by atoms with Crippen molar-refractivity contribution in [3.05, 3.63) is 60.2 Å². The van der Waals surface area contributed by atoms with Gasteiger partial charge in [0.25, 0.3) is 0 Å². The van der Waals surface area contributed by atoms with Gasteiger partial charge in [-0.3, -0.25) is 0 Å². The lowest BCUT2D eigenvalue weighted by molar-refractivity contribution is 0.718. The maximum Gasteiger partial charge on any atom is 0.0491 e. The maximum absolute atomic E-state index is 6.30. The van der Waals surface area contributed by atoms with Crippen molar-refractivity contribution < 1.29 is 0 Å². The lowest BCUT2D eigenvalue weighted by atomic mass is 9.99. The molecule has 2 aromatic carbocycles. The Morgan fingerprint density at radius 2 is 1.86 bits per heavy atom. The summed E-state index contributed by atoms with van der Waals surface area (Å²) in [6.07, 6.45) is 0.831. The minimum atomic E-state index is 0.0237. The van der Waals surface area contributed by atoms with Gasteiger partial charge in [0, 0.05) is 34.4 Å². The number of hydrogen-bond acceptors (Lipinski definition) is 1. The summed E-state index contributed by atoms with van der Waals surface area (Å²) < 4.78 is 2.36. The Balaban J connectivity index is 2.21. The normalized spacial score (nSPS) is 12.9. The van der Waals surface area contributed by atoms with Crippen LogP contribution in [0.15, 0.2) is 54.6 Å². The van der Waals surface area contributed by atoms with Crippen LogP contribution < -0.4 is 5.73 Å². The molecular formula is C19H22N2. The summed E-state index contributed by atoms with van der Waals surface area (Å²) in [7, 11) is 0. The van der Waals surface area contributed by atoms with E-state index in [1.165, 1.54) is 27.4 Å². The molecule has 0 fully saturated rings. The molecule has 0 spiro atoms. The van der Waals surface area contributed by atoms with Gasteiger partial charge in [-0.05, 0) is 44.0 Å². The van der Waals surface area contributed by atoms with Gasteiger partial charge in [0.1, 0.15) is 0 Å². The Morgan fingerprint density at radius 1 is 1.14 bits per heavy atom. The smallest absolute Gasteiger partial charge is 0.0491 e. The number of para-hydroxylation sites is 1. The van der Waals surface area contributed by atoms with Crippen molar-refractivity contribution in [3.63, 3.8) is 0 Å². The second kappa shape index (κ2) is 5.38. The highest BCUT2D eigenvalue weighted by atomic mass is 15.0. The number of fused-ring (bicyclic) bond motifs is 3. The maximum atomic E-state index is 6.30. The molecule has 0 bridgehead atoms. The highest BCUT2D eigenvalue weighted by molar-refractivity contribution is 6.08. The van der Waals surface area contributed by atoms with Crippen LogP contribution in [0.25, 0.3) is 21.8 Å². The van der Waals surface area contributed by atoms with Gasteiger partial charge in [-0.15, -0.1) is 6.58 Å². The summed E-state index contributed by atoms with van der Waals surface area (Å²) in [5.41, 5.74) is 11.2. The lowest BCUT2D eigenvalue weighted by Crippen LogP contribution is -2.10. The highest BCUT2D eigenvalue weighted by Gasteiger charge is 2.12. The molecule has 0 aliphatic rings. The average molecular weight is 278 g/mol. The van der Waals surface area contributed by atoms with E-state index in [1.807, 2.05) is 6.92 Å². The van der Waals surface area contributed by atoms with Crippen LogP contribution in [0.1, 0.15) is 31.9 Å². The minimum absolute atomic E-state index is 0.0237. The molecule has 0 amide bonds. The predicted octanol–water partition coefficient (Wildman–Crippen LogP) is 4.78. The van der Waals surface area contributed by atoms with Crippen LogP contribution >= 0.6 is 0 Å². The van der Waals surface area contributed by atoms with E-state index >= 15 is 0 Å². The third kappa shape index (κ3) is 2.36. The number of aryl methyl sites for hydroxylation is 1. The number of rotatable bonds is 4. The standard InChI is InChI=1S/C19H22N2/c1-4-21-18-8-6-5-7-15(18)16-12-14(9-10-19(16)21)17(20)11-13(2)3/h5-10,12,17H,2,4,11,20H2,1,3H3/t17-/m0/s1. The highest BCUT2D eigenvalue weighted by Crippen LogP contribution is 2.31. The van der Waals surface area contributed by atoms with Crippen molar-refractivity contribution in [2.24, 2.45) is 5.73 Å². The van der Waals surface area contributed by atoms with E-state index in [1.54, 1.807) is 0 Å². The van der Waals surface area contributed by atoms with Crippen LogP contribution in [0.3, 0.4) is 0 Å². The van der Waals surface area contributed by atoms with Crippen molar-refractivity contribution in [3.8, 4) is 0 Å². The molecule has 1 aromatic heterocycles. The van der Waals surface area contributed by atoms with Gasteiger partial charge in [0.05, 0.1) is 0 Å². The lowest BCUT2D eigenvalue weighted by Gasteiger charge is -2.12. The Kier molecular flexibility index (Phi) is 3.56. The number of nitrogens with zero attached hydrogens (tertiary/aromatic N) is 1. The molecule has 0 saturated heterocycles. The van der Waals surface area contributed by atoms with Gasteiger partial charge in [-0.1, -0.05) is 29.8 Å². The number of nitrogens with two attached hydrogens (primary N) is 1. The largest absolute Gasteiger partial charge is 0.341 e. The summed E-state index contributed by atoms with van der Waals surface area (Å²) >= 11 is 0. The van der Waals surface area contributed by atoms with E-state index in [2.05, 4.69) is 60.5 Å². The van der Waals surface area contributed by atoms with Gasteiger partial charge in [0.2, 0.25) is 0 Å². The van der Waals surface area contributed by atoms with Crippen molar-refractivity contribution in [2.75, 3.05) is 0 Å². The fourth-order valence-corrected chi connectivity index (χ4v) is 3.14. The van der Waals surface area contributed by atoms with Gasteiger partial charge < -0.3 is 10.3 Å². The Morgan fingerprint density at radius 3 is 2.57 bits per heavy atom. The zero-order chi connectivity index (χ0) is 15.0. The van der Waals surface area contributed by atoms with Crippen LogP contribution in [0, 0.1) is 0 Å². The Labute approximate surface area is 125 Å². The summed E-state index contributed by atoms with van der Waals surface area (Å²) in [6, 6.07) is 15.2. The zero-order valence-electron chi connectivity index (χ0n) is 12.8. The number of hydrogen-bond donors (Lipinski definition) is 1. The molecule has 0 unspecified atom stereocenters. The molecule has 21 heavy (non-hydrogen) atoms. The van der Waals surface area contributed by atoms with Gasteiger partial charge in [-0.25, -0.2) is 0 Å². The fraction of sp³-hybridized carbons (Fsp3) is 0.263. The molecular weight excluding hydrogens is 256 g/mol. The Hall–Kier alpha value is -2.06. The summed E-state index contributed by atoms with van der Waals surface area (Å²) in [5, 5.41) is 2.60. The first-order valence-corrected chi connectivity index (χ1v) is 7.52. The van der Waals surface area contributed by atoms with E-state index < -0.39 is 0 Å². The molecule has 2 N–H and O–H groups in total. The predicted molar refractivity (Wildman–Crippen MR) is 91.5 cm³/mol. The molecule has 1 atom stereocenters. The quantitative estimate of drug-likeness (QED) is 0.684. The minimum Gasteiger partial charge on any atom is -0.341 e. The van der Waals surface area contributed by atoms with Crippen molar-refractivity contribution in [1.29, 1.82) is 0 Å². The zero-order valence-corrected chi connectivity index (χ0v) is 12.8.